The van der Waals surface area contributed by atoms with Crippen molar-refractivity contribution < 1.29 is 9.90 Å². The van der Waals surface area contributed by atoms with Crippen LogP contribution < -0.4 is 0 Å². The molecule has 1 aliphatic carbocycles. The fourth-order valence-electron chi connectivity index (χ4n) is 2.97. The number of halogens is 1. The Balaban J connectivity index is 1.96. The van der Waals surface area contributed by atoms with Crippen molar-refractivity contribution in [1.29, 1.82) is 0 Å². The maximum absolute atomic E-state index is 11.5. The van der Waals surface area contributed by atoms with Gasteiger partial charge in [-0.3, -0.25) is 4.79 Å². The zero-order valence-electron chi connectivity index (χ0n) is 10.4. The molecular formula is C14H15ClN2O2. The average Bonchev–Trinajstić information content (AvgIpc) is 2.97. The highest BCUT2D eigenvalue weighted by Gasteiger charge is 2.42. The number of aliphatic carboxylic acids is 1. The minimum Gasteiger partial charge on any atom is -0.481 e. The number of para-hydroxylation sites is 1. The number of carboxylic acid groups (broad SMARTS) is 1. The van der Waals surface area contributed by atoms with Gasteiger partial charge in [-0.05, 0) is 25.0 Å². The highest BCUT2D eigenvalue weighted by molar-refractivity contribution is 6.34. The molecule has 19 heavy (non-hydrogen) atoms. The highest BCUT2D eigenvalue weighted by Crippen LogP contribution is 2.41. The minimum atomic E-state index is -0.712. The second-order valence-corrected chi connectivity index (χ2v) is 5.70. The van der Waals surface area contributed by atoms with Gasteiger partial charge >= 0.3 is 5.97 Å². The highest BCUT2D eigenvalue weighted by atomic mass is 35.5. The van der Waals surface area contributed by atoms with E-state index >= 15 is 0 Å². The van der Waals surface area contributed by atoms with Gasteiger partial charge in [-0.2, -0.15) is 0 Å². The number of nitrogens with zero attached hydrogens (tertiary/aromatic N) is 1. The van der Waals surface area contributed by atoms with Crippen LogP contribution in [-0.4, -0.2) is 21.0 Å². The normalized spacial score (nSPS) is 17.9. The van der Waals surface area contributed by atoms with Gasteiger partial charge in [-0.15, -0.1) is 0 Å². The second-order valence-electron chi connectivity index (χ2n) is 5.29. The molecule has 1 aliphatic rings. The van der Waals surface area contributed by atoms with E-state index in [0.717, 1.165) is 36.7 Å². The minimum absolute atomic E-state index is 0.452. The summed E-state index contributed by atoms with van der Waals surface area (Å²) in [4.78, 5) is 19.2. The Bertz CT molecular complexity index is 629. The lowest BCUT2D eigenvalue weighted by Crippen LogP contribution is -2.30. The summed E-state index contributed by atoms with van der Waals surface area (Å²) in [5.74, 6) is 0.00366. The van der Waals surface area contributed by atoms with Crippen LogP contribution in [0.3, 0.4) is 0 Å². The van der Waals surface area contributed by atoms with Gasteiger partial charge in [0.1, 0.15) is 11.3 Å². The van der Waals surface area contributed by atoms with Crippen LogP contribution in [0.1, 0.15) is 31.5 Å². The smallest absolute Gasteiger partial charge is 0.310 e. The monoisotopic (exact) mass is 278 g/mol. The topological polar surface area (TPSA) is 66.0 Å². The lowest BCUT2D eigenvalue weighted by molar-refractivity contribution is -0.148. The van der Waals surface area contributed by atoms with E-state index in [9.17, 15) is 9.90 Å². The van der Waals surface area contributed by atoms with Crippen molar-refractivity contribution in [3.05, 3.63) is 29.0 Å². The third kappa shape index (κ3) is 2.10. The average molecular weight is 279 g/mol. The SMILES string of the molecule is O=C(O)C1(Cc2nc3c(Cl)cccc3[nH]2)CCCC1. The molecule has 0 amide bonds. The van der Waals surface area contributed by atoms with E-state index in [1.54, 1.807) is 6.07 Å². The van der Waals surface area contributed by atoms with Gasteiger partial charge in [0.05, 0.1) is 16.0 Å². The van der Waals surface area contributed by atoms with Crippen LogP contribution in [0.5, 0.6) is 0 Å². The van der Waals surface area contributed by atoms with E-state index in [-0.39, 0.29) is 0 Å². The Morgan fingerprint density at radius 3 is 2.79 bits per heavy atom. The van der Waals surface area contributed by atoms with Crippen LogP contribution in [0.25, 0.3) is 11.0 Å². The molecule has 2 aromatic rings. The standard InChI is InChI=1S/C14H15ClN2O2/c15-9-4-3-5-10-12(9)17-11(16-10)8-14(13(18)19)6-1-2-7-14/h3-5H,1-2,6-8H2,(H,16,17)(H,18,19). The molecule has 0 spiro atoms. The Hall–Kier alpha value is -1.55. The predicted molar refractivity (Wildman–Crippen MR) is 73.3 cm³/mol. The number of carbonyl (C=O) groups is 1. The van der Waals surface area contributed by atoms with Crippen LogP contribution in [0, 0.1) is 5.41 Å². The van der Waals surface area contributed by atoms with Crippen molar-refractivity contribution in [3.8, 4) is 0 Å². The number of hydrogen-bond donors (Lipinski definition) is 2. The number of imidazole rings is 1. The summed E-state index contributed by atoms with van der Waals surface area (Å²) in [6, 6.07) is 5.55. The van der Waals surface area contributed by atoms with Gasteiger partial charge in [0.15, 0.2) is 0 Å². The molecule has 2 N–H and O–H groups in total. The number of aromatic amines is 1. The molecule has 0 radical (unpaired) electrons. The van der Waals surface area contributed by atoms with Crippen molar-refractivity contribution in [2.45, 2.75) is 32.1 Å². The Labute approximate surface area is 115 Å². The first-order chi connectivity index (χ1) is 9.11. The molecule has 1 fully saturated rings. The fourth-order valence-corrected chi connectivity index (χ4v) is 3.19. The third-order valence-electron chi connectivity index (χ3n) is 4.03. The molecule has 100 valence electrons. The Morgan fingerprint density at radius 1 is 1.42 bits per heavy atom. The van der Waals surface area contributed by atoms with Gasteiger partial charge in [0.25, 0.3) is 0 Å². The van der Waals surface area contributed by atoms with Crippen LogP contribution in [0.15, 0.2) is 18.2 Å². The lowest BCUT2D eigenvalue weighted by atomic mass is 9.82. The lowest BCUT2D eigenvalue weighted by Gasteiger charge is -2.22. The van der Waals surface area contributed by atoms with Gasteiger partial charge in [-0.25, -0.2) is 4.98 Å². The van der Waals surface area contributed by atoms with Crippen molar-refractivity contribution in [1.82, 2.24) is 9.97 Å². The van der Waals surface area contributed by atoms with Gasteiger partial charge < -0.3 is 10.1 Å². The Morgan fingerprint density at radius 2 is 2.16 bits per heavy atom. The number of carboxylic acids is 1. The molecule has 0 aliphatic heterocycles. The summed E-state index contributed by atoms with van der Waals surface area (Å²) in [5, 5.41) is 10.1. The molecule has 1 heterocycles. The van der Waals surface area contributed by atoms with Gasteiger partial charge in [0.2, 0.25) is 0 Å². The molecule has 0 unspecified atom stereocenters. The summed E-state index contributed by atoms with van der Waals surface area (Å²) < 4.78 is 0. The maximum atomic E-state index is 11.5. The van der Waals surface area contributed by atoms with E-state index in [2.05, 4.69) is 9.97 Å². The van der Waals surface area contributed by atoms with Crippen LogP contribution in [0.4, 0.5) is 0 Å². The van der Waals surface area contributed by atoms with Gasteiger partial charge in [0, 0.05) is 6.42 Å². The van der Waals surface area contributed by atoms with Crippen LogP contribution >= 0.6 is 11.6 Å². The van der Waals surface area contributed by atoms with E-state index in [0.29, 0.717) is 17.3 Å². The molecule has 1 aromatic heterocycles. The molecule has 0 saturated heterocycles. The summed E-state index contributed by atoms with van der Waals surface area (Å²) >= 11 is 6.09. The molecule has 3 rings (SSSR count). The molecule has 5 heteroatoms. The van der Waals surface area contributed by atoms with Crippen LogP contribution in [0.2, 0.25) is 5.02 Å². The fraction of sp³-hybridized carbons (Fsp3) is 0.429. The summed E-state index contributed by atoms with van der Waals surface area (Å²) in [5.41, 5.74) is 0.930. The number of aromatic nitrogens is 2. The number of rotatable bonds is 3. The first kappa shape index (κ1) is 12.5. The molecular weight excluding hydrogens is 264 g/mol. The van der Waals surface area contributed by atoms with E-state index in [4.69, 9.17) is 11.6 Å². The van der Waals surface area contributed by atoms with Crippen molar-refractivity contribution in [3.63, 3.8) is 0 Å². The molecule has 1 aromatic carbocycles. The maximum Gasteiger partial charge on any atom is 0.310 e. The van der Waals surface area contributed by atoms with Crippen molar-refractivity contribution >= 4 is 28.6 Å². The number of H-pyrrole nitrogens is 1. The third-order valence-corrected chi connectivity index (χ3v) is 4.34. The molecule has 4 nitrogen and oxygen atoms in total. The summed E-state index contributed by atoms with van der Waals surface area (Å²) in [6.07, 6.45) is 3.87. The molecule has 1 saturated carbocycles. The van der Waals surface area contributed by atoms with Crippen molar-refractivity contribution in [2.75, 3.05) is 0 Å². The first-order valence-electron chi connectivity index (χ1n) is 6.47. The number of fused-ring (bicyclic) bond motifs is 1. The predicted octanol–water partition coefficient (Wildman–Crippen LogP) is 3.40. The quantitative estimate of drug-likeness (QED) is 0.904. The zero-order chi connectivity index (χ0) is 13.5. The summed E-state index contributed by atoms with van der Waals surface area (Å²) in [6.45, 7) is 0. The molecule has 0 atom stereocenters. The van der Waals surface area contributed by atoms with Crippen LogP contribution in [-0.2, 0) is 11.2 Å². The Kier molecular flexibility index (Phi) is 2.97. The summed E-state index contributed by atoms with van der Waals surface area (Å²) in [7, 11) is 0. The van der Waals surface area contributed by atoms with E-state index in [1.165, 1.54) is 0 Å². The van der Waals surface area contributed by atoms with Gasteiger partial charge in [-0.1, -0.05) is 30.5 Å². The van der Waals surface area contributed by atoms with E-state index < -0.39 is 11.4 Å². The zero-order valence-corrected chi connectivity index (χ0v) is 11.2. The molecule has 0 bridgehead atoms. The first-order valence-corrected chi connectivity index (χ1v) is 6.85. The number of nitrogens with one attached hydrogen (secondary N) is 1. The number of benzene rings is 1. The largest absolute Gasteiger partial charge is 0.481 e. The van der Waals surface area contributed by atoms with Crippen molar-refractivity contribution in [2.24, 2.45) is 5.41 Å². The second kappa shape index (κ2) is 4.53. The number of hydrogen-bond acceptors (Lipinski definition) is 2. The van der Waals surface area contributed by atoms with E-state index in [1.807, 2.05) is 12.1 Å².